The number of hydrogen-bond acceptors (Lipinski definition) is 5. The number of benzene rings is 1. The molecule has 2 aromatic rings. The number of esters is 1. The van der Waals surface area contributed by atoms with Crippen LogP contribution in [0.25, 0.3) is 0 Å². The number of aryl methyl sites for hydroxylation is 1. The maximum absolute atomic E-state index is 12.3. The van der Waals surface area contributed by atoms with Gasteiger partial charge in [0.05, 0.1) is 18.2 Å². The van der Waals surface area contributed by atoms with Gasteiger partial charge in [0.1, 0.15) is 5.56 Å². The normalized spacial score (nSPS) is 10.1. The van der Waals surface area contributed by atoms with E-state index in [1.807, 2.05) is 0 Å². The second-order valence-electron chi connectivity index (χ2n) is 4.88. The summed E-state index contributed by atoms with van der Waals surface area (Å²) in [5, 5.41) is 11.4. The molecule has 8 nitrogen and oxygen atoms in total. The van der Waals surface area contributed by atoms with Crippen molar-refractivity contribution in [3.63, 3.8) is 0 Å². The van der Waals surface area contributed by atoms with Gasteiger partial charge in [-0.3, -0.25) is 9.59 Å². The zero-order valence-corrected chi connectivity index (χ0v) is 12.9. The van der Waals surface area contributed by atoms with Crippen molar-refractivity contribution in [2.24, 2.45) is 0 Å². The average Bonchev–Trinajstić information content (AvgIpc) is 2.54. The van der Waals surface area contributed by atoms with Gasteiger partial charge < -0.3 is 20.1 Å². The van der Waals surface area contributed by atoms with E-state index in [-0.39, 0.29) is 28.1 Å². The first kappa shape index (κ1) is 16.9. The van der Waals surface area contributed by atoms with Gasteiger partial charge in [-0.1, -0.05) is 6.07 Å². The molecule has 1 heterocycles. The molecule has 3 N–H and O–H groups in total. The van der Waals surface area contributed by atoms with E-state index < -0.39 is 23.4 Å². The summed E-state index contributed by atoms with van der Waals surface area (Å²) < 4.78 is 4.59. The van der Waals surface area contributed by atoms with Crippen molar-refractivity contribution < 1.29 is 24.2 Å². The Kier molecular flexibility index (Phi) is 4.78. The largest absolute Gasteiger partial charge is 0.478 e. The molecule has 0 aliphatic carbocycles. The molecule has 0 aliphatic heterocycles. The summed E-state index contributed by atoms with van der Waals surface area (Å²) in [6, 6.07) is 6.69. The molecule has 0 saturated heterocycles. The maximum atomic E-state index is 12.3. The Morgan fingerprint density at radius 3 is 2.50 bits per heavy atom. The minimum Gasteiger partial charge on any atom is -0.478 e. The van der Waals surface area contributed by atoms with Crippen LogP contribution in [-0.4, -0.2) is 35.0 Å². The number of carboxylic acids is 1. The Morgan fingerprint density at radius 1 is 1.17 bits per heavy atom. The number of methoxy groups -OCH3 is 1. The zero-order chi connectivity index (χ0) is 17.9. The van der Waals surface area contributed by atoms with Crippen molar-refractivity contribution in [1.82, 2.24) is 4.98 Å². The van der Waals surface area contributed by atoms with Crippen LogP contribution in [0.2, 0.25) is 0 Å². The first-order valence-corrected chi connectivity index (χ1v) is 6.80. The first-order chi connectivity index (χ1) is 11.3. The molecule has 2 rings (SSSR count). The Hall–Kier alpha value is -3.42. The van der Waals surface area contributed by atoms with Crippen LogP contribution in [0.5, 0.6) is 0 Å². The van der Waals surface area contributed by atoms with E-state index in [2.05, 4.69) is 15.0 Å². The molecule has 0 bridgehead atoms. The van der Waals surface area contributed by atoms with Crippen molar-refractivity contribution in [3.8, 4) is 0 Å². The highest BCUT2D eigenvalue weighted by Gasteiger charge is 2.18. The molecule has 0 aliphatic rings. The number of ether oxygens (including phenoxy) is 1. The van der Waals surface area contributed by atoms with Crippen LogP contribution in [-0.2, 0) is 4.74 Å². The van der Waals surface area contributed by atoms with Crippen molar-refractivity contribution in [2.75, 3.05) is 12.4 Å². The van der Waals surface area contributed by atoms with E-state index >= 15 is 0 Å². The summed E-state index contributed by atoms with van der Waals surface area (Å²) in [6.07, 6.45) is 0. The van der Waals surface area contributed by atoms with Crippen LogP contribution < -0.4 is 10.9 Å². The lowest BCUT2D eigenvalue weighted by atomic mass is 10.1. The van der Waals surface area contributed by atoms with E-state index in [4.69, 9.17) is 5.11 Å². The average molecular weight is 330 g/mol. The lowest BCUT2D eigenvalue weighted by Gasteiger charge is -2.08. The van der Waals surface area contributed by atoms with Gasteiger partial charge in [0.25, 0.3) is 11.5 Å². The summed E-state index contributed by atoms with van der Waals surface area (Å²) in [4.78, 5) is 49.2. The number of carboxylic acid groups (broad SMARTS) is 1. The number of carbonyl (C=O) groups is 3. The molecule has 1 aromatic carbocycles. The van der Waals surface area contributed by atoms with Crippen LogP contribution in [0.1, 0.15) is 36.8 Å². The molecule has 1 amide bonds. The molecule has 0 unspecified atom stereocenters. The second-order valence-corrected chi connectivity index (χ2v) is 4.88. The Bertz CT molecular complexity index is 884. The Balaban J connectivity index is 2.36. The fraction of sp³-hybridized carbons (Fsp3) is 0.125. The maximum Gasteiger partial charge on any atom is 0.339 e. The van der Waals surface area contributed by atoms with Crippen LogP contribution in [0.3, 0.4) is 0 Å². The number of carbonyl (C=O) groups excluding carboxylic acids is 2. The fourth-order valence-electron chi connectivity index (χ4n) is 2.04. The second kappa shape index (κ2) is 6.78. The van der Waals surface area contributed by atoms with Crippen molar-refractivity contribution in [2.45, 2.75) is 6.92 Å². The topological polar surface area (TPSA) is 126 Å². The van der Waals surface area contributed by atoms with Gasteiger partial charge in [-0.05, 0) is 31.2 Å². The Morgan fingerprint density at radius 2 is 1.88 bits per heavy atom. The third kappa shape index (κ3) is 3.49. The number of aromatic nitrogens is 1. The van der Waals surface area contributed by atoms with Crippen LogP contribution in [0.15, 0.2) is 35.1 Å². The molecule has 24 heavy (non-hydrogen) atoms. The van der Waals surface area contributed by atoms with E-state index in [0.717, 1.165) is 6.07 Å². The number of H-pyrrole nitrogens is 1. The molecule has 1 aromatic heterocycles. The van der Waals surface area contributed by atoms with Gasteiger partial charge in [0.2, 0.25) is 0 Å². The number of rotatable bonds is 4. The molecule has 0 atom stereocenters. The van der Waals surface area contributed by atoms with E-state index in [9.17, 15) is 19.2 Å². The molecule has 0 saturated carbocycles. The molecule has 8 heteroatoms. The highest BCUT2D eigenvalue weighted by atomic mass is 16.5. The highest BCUT2D eigenvalue weighted by Crippen LogP contribution is 2.13. The van der Waals surface area contributed by atoms with Gasteiger partial charge in [-0.15, -0.1) is 0 Å². The van der Waals surface area contributed by atoms with Crippen molar-refractivity contribution in [3.05, 3.63) is 63.1 Å². The number of pyridine rings is 1. The monoisotopic (exact) mass is 330 g/mol. The lowest BCUT2D eigenvalue weighted by molar-refractivity contribution is 0.0598. The van der Waals surface area contributed by atoms with E-state index in [1.165, 1.54) is 38.3 Å². The molecule has 0 fully saturated rings. The summed E-state index contributed by atoms with van der Waals surface area (Å²) in [5.74, 6) is -2.61. The first-order valence-electron chi connectivity index (χ1n) is 6.80. The van der Waals surface area contributed by atoms with Gasteiger partial charge in [0, 0.05) is 11.4 Å². The molecular weight excluding hydrogens is 316 g/mol. The van der Waals surface area contributed by atoms with Crippen LogP contribution >= 0.6 is 0 Å². The van der Waals surface area contributed by atoms with Crippen LogP contribution in [0.4, 0.5) is 5.69 Å². The third-order valence-electron chi connectivity index (χ3n) is 3.26. The van der Waals surface area contributed by atoms with Gasteiger partial charge >= 0.3 is 11.9 Å². The molecule has 124 valence electrons. The summed E-state index contributed by atoms with van der Waals surface area (Å²) in [6.45, 7) is 1.51. The third-order valence-corrected chi connectivity index (χ3v) is 3.26. The van der Waals surface area contributed by atoms with E-state index in [0.29, 0.717) is 0 Å². The minimum atomic E-state index is -1.15. The molecule has 0 radical (unpaired) electrons. The minimum absolute atomic E-state index is 0.0131. The lowest BCUT2D eigenvalue weighted by Crippen LogP contribution is -2.25. The van der Waals surface area contributed by atoms with E-state index in [1.54, 1.807) is 0 Å². The number of nitrogens with one attached hydrogen (secondary N) is 2. The quantitative estimate of drug-likeness (QED) is 0.728. The number of amides is 1. The number of aromatic carboxylic acids is 1. The van der Waals surface area contributed by atoms with Crippen molar-refractivity contribution in [1.29, 1.82) is 0 Å². The zero-order valence-electron chi connectivity index (χ0n) is 12.9. The summed E-state index contributed by atoms with van der Waals surface area (Å²) in [7, 11) is 1.18. The summed E-state index contributed by atoms with van der Waals surface area (Å²) >= 11 is 0. The molecular formula is C16H14N2O6. The van der Waals surface area contributed by atoms with Gasteiger partial charge in [-0.2, -0.15) is 0 Å². The molecule has 0 spiro atoms. The standard InChI is InChI=1S/C16H14N2O6/c1-8-11(16(23)24-2)7-12(13(19)17-8)14(20)18-10-5-3-4-9(6-10)15(21)22/h3-7H,1-2H3,(H,17,19)(H,18,20)(H,21,22). The number of anilines is 1. The van der Waals surface area contributed by atoms with Crippen molar-refractivity contribution >= 4 is 23.5 Å². The predicted octanol–water partition coefficient (Wildman–Crippen LogP) is 1.42. The smallest absolute Gasteiger partial charge is 0.339 e. The fourth-order valence-corrected chi connectivity index (χ4v) is 2.04. The Labute approximate surface area is 136 Å². The predicted molar refractivity (Wildman–Crippen MR) is 84.5 cm³/mol. The van der Waals surface area contributed by atoms with Gasteiger partial charge in [0.15, 0.2) is 0 Å². The summed E-state index contributed by atoms with van der Waals surface area (Å²) in [5.41, 5.74) is -0.438. The number of aromatic amines is 1. The highest BCUT2D eigenvalue weighted by molar-refractivity contribution is 6.06. The van der Waals surface area contributed by atoms with Gasteiger partial charge in [-0.25, -0.2) is 9.59 Å². The SMILES string of the molecule is COC(=O)c1cc(C(=O)Nc2cccc(C(=O)O)c2)c(=O)[nH]c1C. The number of hydrogen-bond donors (Lipinski definition) is 3. The van der Waals surface area contributed by atoms with Crippen LogP contribution in [0, 0.1) is 6.92 Å².